The second kappa shape index (κ2) is 6.44. The number of methoxy groups -OCH3 is 1. The van der Waals surface area contributed by atoms with Crippen LogP contribution < -0.4 is 15.2 Å². The fraction of sp³-hybridized carbons (Fsp3) is 0.294. The van der Waals surface area contributed by atoms with Crippen LogP contribution in [0, 0.1) is 6.92 Å². The Hall–Kier alpha value is -2.00. The molecule has 3 nitrogen and oxygen atoms in total. The minimum absolute atomic E-state index is 0.0989. The van der Waals surface area contributed by atoms with Crippen LogP contribution in [0.25, 0.3) is 0 Å². The third kappa shape index (κ3) is 3.31. The summed E-state index contributed by atoms with van der Waals surface area (Å²) in [5.74, 6) is 1.60. The molecule has 0 aliphatic rings. The van der Waals surface area contributed by atoms with Crippen LogP contribution in [0.2, 0.25) is 0 Å². The lowest BCUT2D eigenvalue weighted by Gasteiger charge is -2.24. The highest BCUT2D eigenvalue weighted by Crippen LogP contribution is 2.27. The molecule has 3 heteroatoms. The summed E-state index contributed by atoms with van der Waals surface area (Å²) in [5, 5.41) is 0. The van der Waals surface area contributed by atoms with Crippen molar-refractivity contribution in [1.82, 2.24) is 0 Å². The van der Waals surface area contributed by atoms with Crippen molar-refractivity contribution in [2.45, 2.75) is 26.0 Å². The molecule has 0 saturated heterocycles. The van der Waals surface area contributed by atoms with E-state index in [1.165, 1.54) is 5.56 Å². The second-order valence-electron chi connectivity index (χ2n) is 4.93. The maximum atomic E-state index is 6.09. The van der Waals surface area contributed by atoms with E-state index in [1.54, 1.807) is 7.11 Å². The lowest BCUT2D eigenvalue weighted by Crippen LogP contribution is -2.29. The Morgan fingerprint density at radius 2 is 1.55 bits per heavy atom. The minimum atomic E-state index is -0.162. The molecule has 0 spiro atoms. The van der Waals surface area contributed by atoms with Gasteiger partial charge >= 0.3 is 0 Å². The van der Waals surface area contributed by atoms with Crippen molar-refractivity contribution in [1.29, 1.82) is 0 Å². The Labute approximate surface area is 120 Å². The largest absolute Gasteiger partial charge is 0.497 e. The zero-order chi connectivity index (χ0) is 14.5. The van der Waals surface area contributed by atoms with E-state index in [2.05, 4.69) is 19.1 Å². The summed E-state index contributed by atoms with van der Waals surface area (Å²) >= 11 is 0. The van der Waals surface area contributed by atoms with Crippen molar-refractivity contribution in [3.8, 4) is 11.5 Å². The zero-order valence-electron chi connectivity index (χ0n) is 12.2. The number of hydrogen-bond donors (Lipinski definition) is 1. The molecule has 2 aromatic carbocycles. The van der Waals surface area contributed by atoms with Crippen molar-refractivity contribution in [2.24, 2.45) is 5.73 Å². The average Bonchev–Trinajstić information content (AvgIpc) is 2.46. The van der Waals surface area contributed by atoms with Gasteiger partial charge in [-0.25, -0.2) is 0 Å². The molecule has 0 aromatic heterocycles. The average molecular weight is 271 g/mol. The first-order valence-electron chi connectivity index (χ1n) is 6.73. The molecular weight excluding hydrogens is 250 g/mol. The molecule has 0 saturated carbocycles. The van der Waals surface area contributed by atoms with E-state index in [4.69, 9.17) is 15.2 Å². The Bertz CT molecular complexity index is 549. The van der Waals surface area contributed by atoms with Gasteiger partial charge in [-0.05, 0) is 49.2 Å². The van der Waals surface area contributed by atoms with Gasteiger partial charge in [-0.15, -0.1) is 0 Å². The molecule has 2 aromatic rings. The molecule has 2 rings (SSSR count). The van der Waals surface area contributed by atoms with Gasteiger partial charge in [0.05, 0.1) is 7.11 Å². The summed E-state index contributed by atoms with van der Waals surface area (Å²) in [6.07, 6.45) is -0.162. The molecule has 0 bridgehead atoms. The van der Waals surface area contributed by atoms with Crippen LogP contribution in [0.3, 0.4) is 0 Å². The molecule has 106 valence electrons. The molecule has 0 aliphatic heterocycles. The Morgan fingerprint density at radius 1 is 0.950 bits per heavy atom. The number of nitrogens with two attached hydrogens (primary N) is 1. The summed E-state index contributed by atoms with van der Waals surface area (Å²) in [5.41, 5.74) is 8.40. The second-order valence-corrected chi connectivity index (χ2v) is 4.93. The summed E-state index contributed by atoms with van der Waals surface area (Å²) < 4.78 is 11.2. The molecule has 20 heavy (non-hydrogen) atoms. The standard InChI is InChI=1S/C17H21NO2/c1-12-6-4-5-7-16(12)17(13(2)18)20-15-10-8-14(19-3)9-11-15/h4-11,13,17H,18H2,1-3H3. The van der Waals surface area contributed by atoms with Gasteiger partial charge in [0.1, 0.15) is 17.6 Å². The number of aryl methyl sites for hydroxylation is 1. The van der Waals surface area contributed by atoms with Gasteiger partial charge in [0.2, 0.25) is 0 Å². The molecule has 0 amide bonds. The van der Waals surface area contributed by atoms with Crippen molar-refractivity contribution < 1.29 is 9.47 Å². The molecule has 0 aliphatic carbocycles. The highest BCUT2D eigenvalue weighted by molar-refractivity contribution is 5.34. The van der Waals surface area contributed by atoms with Crippen molar-refractivity contribution in [2.75, 3.05) is 7.11 Å². The zero-order valence-corrected chi connectivity index (χ0v) is 12.2. The first-order chi connectivity index (χ1) is 9.61. The lowest BCUT2D eigenvalue weighted by atomic mass is 9.99. The highest BCUT2D eigenvalue weighted by Gasteiger charge is 2.19. The van der Waals surface area contributed by atoms with Crippen molar-refractivity contribution >= 4 is 0 Å². The smallest absolute Gasteiger partial charge is 0.139 e. The Morgan fingerprint density at radius 3 is 2.10 bits per heavy atom. The van der Waals surface area contributed by atoms with E-state index in [1.807, 2.05) is 43.3 Å². The molecule has 0 heterocycles. The van der Waals surface area contributed by atoms with Gasteiger partial charge in [0.15, 0.2) is 0 Å². The highest BCUT2D eigenvalue weighted by atomic mass is 16.5. The third-order valence-electron chi connectivity index (χ3n) is 3.30. The summed E-state index contributed by atoms with van der Waals surface area (Å²) in [6, 6.07) is 15.6. The predicted molar refractivity (Wildman–Crippen MR) is 81.2 cm³/mol. The first kappa shape index (κ1) is 14.4. The minimum Gasteiger partial charge on any atom is -0.497 e. The van der Waals surface area contributed by atoms with Crippen molar-refractivity contribution in [3.05, 3.63) is 59.7 Å². The molecule has 0 fully saturated rings. The van der Waals surface area contributed by atoms with Crippen LogP contribution >= 0.6 is 0 Å². The first-order valence-corrected chi connectivity index (χ1v) is 6.73. The summed E-state index contributed by atoms with van der Waals surface area (Å²) in [6.45, 7) is 4.03. The van der Waals surface area contributed by atoms with Crippen LogP contribution in [-0.4, -0.2) is 13.2 Å². The van der Waals surface area contributed by atoms with Gasteiger partial charge in [0, 0.05) is 6.04 Å². The Balaban J connectivity index is 2.23. The van der Waals surface area contributed by atoms with Crippen LogP contribution in [0.1, 0.15) is 24.2 Å². The number of ether oxygens (including phenoxy) is 2. The van der Waals surface area contributed by atoms with Gasteiger partial charge in [0.25, 0.3) is 0 Å². The quantitative estimate of drug-likeness (QED) is 0.905. The third-order valence-corrected chi connectivity index (χ3v) is 3.30. The molecule has 2 atom stereocenters. The summed E-state index contributed by atoms with van der Waals surface area (Å²) in [7, 11) is 1.65. The van der Waals surface area contributed by atoms with E-state index in [9.17, 15) is 0 Å². The fourth-order valence-corrected chi connectivity index (χ4v) is 2.16. The fourth-order valence-electron chi connectivity index (χ4n) is 2.16. The number of rotatable bonds is 5. The Kier molecular flexibility index (Phi) is 4.64. The maximum absolute atomic E-state index is 6.09. The van der Waals surface area contributed by atoms with E-state index >= 15 is 0 Å². The lowest BCUT2D eigenvalue weighted by molar-refractivity contribution is 0.179. The van der Waals surface area contributed by atoms with Crippen molar-refractivity contribution in [3.63, 3.8) is 0 Å². The van der Waals surface area contributed by atoms with Crippen LogP contribution in [0.15, 0.2) is 48.5 Å². The normalized spacial score (nSPS) is 13.6. The van der Waals surface area contributed by atoms with Gasteiger partial charge in [-0.2, -0.15) is 0 Å². The van der Waals surface area contributed by atoms with E-state index in [-0.39, 0.29) is 12.1 Å². The van der Waals surface area contributed by atoms with E-state index < -0.39 is 0 Å². The number of benzene rings is 2. The maximum Gasteiger partial charge on any atom is 0.139 e. The topological polar surface area (TPSA) is 44.5 Å². The SMILES string of the molecule is COc1ccc(OC(c2ccccc2C)C(C)N)cc1. The molecule has 2 N–H and O–H groups in total. The molecule has 0 radical (unpaired) electrons. The molecule has 2 unspecified atom stereocenters. The summed E-state index contributed by atoms with van der Waals surface area (Å²) in [4.78, 5) is 0. The molecular formula is C17H21NO2. The van der Waals surface area contributed by atoms with E-state index in [0.29, 0.717) is 0 Å². The number of hydrogen-bond acceptors (Lipinski definition) is 3. The van der Waals surface area contributed by atoms with Crippen LogP contribution in [0.5, 0.6) is 11.5 Å². The van der Waals surface area contributed by atoms with Gasteiger partial charge in [-0.3, -0.25) is 0 Å². The van der Waals surface area contributed by atoms with Gasteiger partial charge < -0.3 is 15.2 Å². The van der Waals surface area contributed by atoms with E-state index in [0.717, 1.165) is 17.1 Å². The predicted octanol–water partition coefficient (Wildman–Crippen LogP) is 3.47. The van der Waals surface area contributed by atoms with Crippen LogP contribution in [-0.2, 0) is 0 Å². The monoisotopic (exact) mass is 271 g/mol. The van der Waals surface area contributed by atoms with Crippen LogP contribution in [0.4, 0.5) is 0 Å². The van der Waals surface area contributed by atoms with Gasteiger partial charge in [-0.1, -0.05) is 24.3 Å².